The molecule has 0 radical (unpaired) electrons. The molecule has 14 heavy (non-hydrogen) atoms. The van der Waals surface area contributed by atoms with Crippen molar-refractivity contribution in [3.05, 3.63) is 42.2 Å². The quantitative estimate of drug-likeness (QED) is 0.705. The molecule has 72 valence electrons. The Labute approximate surface area is 82.1 Å². The van der Waals surface area contributed by atoms with Crippen LogP contribution in [0.1, 0.15) is 6.92 Å². The fourth-order valence-electron chi connectivity index (χ4n) is 1.45. The van der Waals surface area contributed by atoms with E-state index in [4.69, 9.17) is 4.74 Å². The molecule has 0 aliphatic heterocycles. The van der Waals surface area contributed by atoms with E-state index < -0.39 is 0 Å². The van der Waals surface area contributed by atoms with Gasteiger partial charge in [-0.15, -0.1) is 0 Å². The van der Waals surface area contributed by atoms with Crippen molar-refractivity contribution < 1.29 is 9.13 Å². The van der Waals surface area contributed by atoms with E-state index >= 15 is 0 Å². The van der Waals surface area contributed by atoms with Gasteiger partial charge in [-0.05, 0) is 42.0 Å². The fraction of sp³-hybridized carbons (Fsp3) is 0.167. The smallest absolute Gasteiger partial charge is 0.123 e. The fourth-order valence-corrected chi connectivity index (χ4v) is 1.45. The average Bonchev–Trinajstić information content (AvgIpc) is 2.17. The number of rotatable bonds is 2. The Morgan fingerprint density at radius 3 is 2.64 bits per heavy atom. The van der Waals surface area contributed by atoms with Crippen molar-refractivity contribution in [2.45, 2.75) is 6.92 Å². The summed E-state index contributed by atoms with van der Waals surface area (Å²) < 4.78 is 18.2. The van der Waals surface area contributed by atoms with E-state index in [2.05, 4.69) is 0 Å². The summed E-state index contributed by atoms with van der Waals surface area (Å²) in [5.41, 5.74) is 0. The third kappa shape index (κ3) is 1.69. The summed E-state index contributed by atoms with van der Waals surface area (Å²) >= 11 is 0. The van der Waals surface area contributed by atoms with E-state index in [0.717, 1.165) is 16.5 Å². The third-order valence-electron chi connectivity index (χ3n) is 2.08. The van der Waals surface area contributed by atoms with Gasteiger partial charge in [-0.25, -0.2) is 4.39 Å². The molecule has 2 heteroatoms. The van der Waals surface area contributed by atoms with E-state index in [0.29, 0.717) is 6.61 Å². The second kappa shape index (κ2) is 3.66. The number of halogens is 1. The van der Waals surface area contributed by atoms with Gasteiger partial charge in [0.2, 0.25) is 0 Å². The Bertz CT molecular complexity index is 451. The van der Waals surface area contributed by atoms with Gasteiger partial charge in [0.05, 0.1) is 6.61 Å². The first-order valence-corrected chi connectivity index (χ1v) is 4.61. The van der Waals surface area contributed by atoms with Gasteiger partial charge >= 0.3 is 0 Å². The monoisotopic (exact) mass is 190 g/mol. The predicted molar refractivity (Wildman–Crippen MR) is 55.1 cm³/mol. The molecule has 0 aliphatic carbocycles. The van der Waals surface area contributed by atoms with E-state index in [9.17, 15) is 4.39 Å². The SMILES string of the molecule is CCOc1ccc2ccc(F)cc2c1. The van der Waals surface area contributed by atoms with Gasteiger partial charge in [0.15, 0.2) is 0 Å². The molecule has 2 rings (SSSR count). The molecule has 0 saturated carbocycles. The molecule has 2 aromatic rings. The Morgan fingerprint density at radius 2 is 1.86 bits per heavy atom. The molecule has 0 aliphatic rings. The van der Waals surface area contributed by atoms with Crippen molar-refractivity contribution in [2.24, 2.45) is 0 Å². The summed E-state index contributed by atoms with van der Waals surface area (Å²) in [5.74, 6) is 0.566. The topological polar surface area (TPSA) is 9.23 Å². The van der Waals surface area contributed by atoms with E-state index in [1.807, 2.05) is 25.1 Å². The summed E-state index contributed by atoms with van der Waals surface area (Å²) in [6.07, 6.45) is 0. The highest BCUT2D eigenvalue weighted by Gasteiger charge is 1.98. The number of ether oxygens (including phenoxy) is 1. The van der Waals surface area contributed by atoms with Crippen LogP contribution in [0.25, 0.3) is 10.8 Å². The lowest BCUT2D eigenvalue weighted by molar-refractivity contribution is 0.341. The first kappa shape index (κ1) is 9.00. The molecule has 0 heterocycles. The van der Waals surface area contributed by atoms with Crippen molar-refractivity contribution >= 4 is 10.8 Å². The minimum atomic E-state index is -0.217. The van der Waals surface area contributed by atoms with Crippen LogP contribution >= 0.6 is 0 Å². The second-order valence-corrected chi connectivity index (χ2v) is 3.09. The zero-order valence-electron chi connectivity index (χ0n) is 7.96. The molecule has 2 aromatic carbocycles. The summed E-state index contributed by atoms with van der Waals surface area (Å²) in [7, 11) is 0. The standard InChI is InChI=1S/C12H11FO/c1-2-14-12-6-4-9-3-5-11(13)7-10(9)8-12/h3-8H,2H2,1H3. The number of hydrogen-bond acceptors (Lipinski definition) is 1. The zero-order valence-corrected chi connectivity index (χ0v) is 7.96. The Kier molecular flexibility index (Phi) is 2.35. The maximum atomic E-state index is 12.9. The van der Waals surface area contributed by atoms with Crippen molar-refractivity contribution in [2.75, 3.05) is 6.61 Å². The Morgan fingerprint density at radius 1 is 1.07 bits per heavy atom. The minimum absolute atomic E-state index is 0.217. The van der Waals surface area contributed by atoms with Gasteiger partial charge in [-0.1, -0.05) is 12.1 Å². The highest BCUT2D eigenvalue weighted by atomic mass is 19.1. The summed E-state index contributed by atoms with van der Waals surface area (Å²) in [5, 5.41) is 1.89. The van der Waals surface area contributed by atoms with Crippen molar-refractivity contribution in [1.82, 2.24) is 0 Å². The van der Waals surface area contributed by atoms with Crippen LogP contribution in [0.5, 0.6) is 5.75 Å². The molecule has 0 aromatic heterocycles. The number of benzene rings is 2. The predicted octanol–water partition coefficient (Wildman–Crippen LogP) is 3.38. The van der Waals surface area contributed by atoms with Gasteiger partial charge in [-0.3, -0.25) is 0 Å². The summed E-state index contributed by atoms with van der Waals surface area (Å²) in [6, 6.07) is 10.4. The molecule has 1 nitrogen and oxygen atoms in total. The van der Waals surface area contributed by atoms with Gasteiger partial charge < -0.3 is 4.74 Å². The second-order valence-electron chi connectivity index (χ2n) is 3.09. The van der Waals surface area contributed by atoms with Gasteiger partial charge in [-0.2, -0.15) is 0 Å². The largest absolute Gasteiger partial charge is 0.494 e. The summed E-state index contributed by atoms with van der Waals surface area (Å²) in [4.78, 5) is 0. The molecule has 0 N–H and O–H groups in total. The van der Waals surface area contributed by atoms with Crippen LogP contribution in [0.3, 0.4) is 0 Å². The van der Waals surface area contributed by atoms with Crippen LogP contribution in [0.2, 0.25) is 0 Å². The van der Waals surface area contributed by atoms with Gasteiger partial charge in [0.25, 0.3) is 0 Å². The van der Waals surface area contributed by atoms with E-state index in [-0.39, 0.29) is 5.82 Å². The molecular formula is C12H11FO. The number of fused-ring (bicyclic) bond motifs is 1. The van der Waals surface area contributed by atoms with E-state index in [1.54, 1.807) is 6.07 Å². The van der Waals surface area contributed by atoms with Crippen molar-refractivity contribution in [3.8, 4) is 5.75 Å². The lowest BCUT2D eigenvalue weighted by Gasteiger charge is -2.04. The molecule has 0 amide bonds. The van der Waals surface area contributed by atoms with Gasteiger partial charge in [0.1, 0.15) is 11.6 Å². The van der Waals surface area contributed by atoms with Crippen LogP contribution in [0.4, 0.5) is 4.39 Å². The first-order chi connectivity index (χ1) is 6.79. The molecule has 0 fully saturated rings. The highest BCUT2D eigenvalue weighted by molar-refractivity contribution is 5.83. The first-order valence-electron chi connectivity index (χ1n) is 4.61. The highest BCUT2D eigenvalue weighted by Crippen LogP contribution is 2.21. The maximum absolute atomic E-state index is 12.9. The van der Waals surface area contributed by atoms with Crippen molar-refractivity contribution in [3.63, 3.8) is 0 Å². The van der Waals surface area contributed by atoms with Crippen LogP contribution in [-0.4, -0.2) is 6.61 Å². The van der Waals surface area contributed by atoms with E-state index in [1.165, 1.54) is 12.1 Å². The zero-order chi connectivity index (χ0) is 9.97. The molecule has 0 bridgehead atoms. The minimum Gasteiger partial charge on any atom is -0.494 e. The van der Waals surface area contributed by atoms with Crippen LogP contribution < -0.4 is 4.74 Å². The Balaban J connectivity index is 2.52. The van der Waals surface area contributed by atoms with Crippen molar-refractivity contribution in [1.29, 1.82) is 0 Å². The molecule has 0 spiro atoms. The van der Waals surface area contributed by atoms with Crippen LogP contribution in [-0.2, 0) is 0 Å². The van der Waals surface area contributed by atoms with Crippen LogP contribution in [0, 0.1) is 5.82 Å². The lowest BCUT2D eigenvalue weighted by Crippen LogP contribution is -1.90. The average molecular weight is 190 g/mol. The third-order valence-corrected chi connectivity index (χ3v) is 2.08. The molecule has 0 unspecified atom stereocenters. The molecule has 0 atom stereocenters. The van der Waals surface area contributed by atoms with Crippen LogP contribution in [0.15, 0.2) is 36.4 Å². The summed E-state index contributed by atoms with van der Waals surface area (Å²) in [6.45, 7) is 2.55. The molecular weight excluding hydrogens is 179 g/mol. The molecule has 0 saturated heterocycles. The number of hydrogen-bond donors (Lipinski definition) is 0. The Hall–Kier alpha value is -1.57. The normalized spacial score (nSPS) is 10.4. The lowest BCUT2D eigenvalue weighted by atomic mass is 10.1. The van der Waals surface area contributed by atoms with Gasteiger partial charge in [0, 0.05) is 0 Å². The maximum Gasteiger partial charge on any atom is 0.123 e.